The summed E-state index contributed by atoms with van der Waals surface area (Å²) in [7, 11) is 0. The predicted octanol–water partition coefficient (Wildman–Crippen LogP) is 0.232. The first-order valence-corrected chi connectivity index (χ1v) is 3.83. The van der Waals surface area contributed by atoms with Crippen molar-refractivity contribution in [2.75, 3.05) is 0 Å². The van der Waals surface area contributed by atoms with E-state index in [1.807, 2.05) is 0 Å². The average Bonchev–Trinajstić information content (AvgIpc) is 2.11. The van der Waals surface area contributed by atoms with Crippen molar-refractivity contribution in [1.82, 2.24) is 4.57 Å². The average molecular weight is 181 g/mol. The van der Waals surface area contributed by atoms with Gasteiger partial charge in [-0.3, -0.25) is 4.79 Å². The zero-order valence-corrected chi connectivity index (χ0v) is 7.10. The van der Waals surface area contributed by atoms with Crippen LogP contribution in [-0.4, -0.2) is 14.8 Å². The minimum atomic E-state index is -0.482. The molecule has 0 bridgehead atoms. The SMILES string of the molecule is C=CCn1cc(O)c(=O)cc1CO. The first-order valence-electron chi connectivity index (χ1n) is 3.83. The molecular formula is C9H11NO3. The second-order valence-electron chi connectivity index (χ2n) is 2.61. The number of hydrogen-bond acceptors (Lipinski definition) is 3. The third kappa shape index (κ3) is 1.97. The van der Waals surface area contributed by atoms with Crippen LogP contribution in [0.4, 0.5) is 0 Å². The molecule has 2 N–H and O–H groups in total. The van der Waals surface area contributed by atoms with Gasteiger partial charge in [0.05, 0.1) is 12.8 Å². The summed E-state index contributed by atoms with van der Waals surface area (Å²) in [5.41, 5.74) is -0.0212. The third-order valence-corrected chi connectivity index (χ3v) is 1.68. The molecule has 1 aromatic rings. The fourth-order valence-electron chi connectivity index (χ4n) is 1.05. The van der Waals surface area contributed by atoms with Crippen molar-refractivity contribution >= 4 is 0 Å². The summed E-state index contributed by atoms with van der Waals surface area (Å²) >= 11 is 0. The van der Waals surface area contributed by atoms with E-state index in [1.54, 1.807) is 10.6 Å². The molecule has 0 aliphatic heterocycles. The van der Waals surface area contributed by atoms with Crippen LogP contribution in [0.2, 0.25) is 0 Å². The molecule has 0 saturated heterocycles. The van der Waals surface area contributed by atoms with Crippen molar-refractivity contribution < 1.29 is 10.2 Å². The van der Waals surface area contributed by atoms with Crippen LogP contribution in [0.1, 0.15) is 5.69 Å². The van der Waals surface area contributed by atoms with Gasteiger partial charge >= 0.3 is 0 Å². The van der Waals surface area contributed by atoms with Gasteiger partial charge in [-0.1, -0.05) is 6.08 Å². The van der Waals surface area contributed by atoms with E-state index in [0.717, 1.165) is 0 Å². The van der Waals surface area contributed by atoms with E-state index in [0.29, 0.717) is 12.2 Å². The normalized spacial score (nSPS) is 9.92. The van der Waals surface area contributed by atoms with E-state index < -0.39 is 5.43 Å². The third-order valence-electron chi connectivity index (χ3n) is 1.68. The molecule has 1 aromatic heterocycles. The van der Waals surface area contributed by atoms with Gasteiger partial charge in [0.2, 0.25) is 5.43 Å². The Balaban J connectivity index is 3.24. The zero-order chi connectivity index (χ0) is 9.84. The van der Waals surface area contributed by atoms with Crippen LogP contribution < -0.4 is 5.43 Å². The van der Waals surface area contributed by atoms with Gasteiger partial charge in [0, 0.05) is 18.3 Å². The number of aliphatic hydroxyl groups is 1. The highest BCUT2D eigenvalue weighted by molar-refractivity contribution is 5.20. The number of aromatic nitrogens is 1. The highest BCUT2D eigenvalue weighted by Gasteiger charge is 2.02. The fraction of sp³-hybridized carbons (Fsp3) is 0.222. The van der Waals surface area contributed by atoms with E-state index in [2.05, 4.69) is 6.58 Å². The molecule has 0 unspecified atom stereocenters. The summed E-state index contributed by atoms with van der Waals surface area (Å²) in [6.07, 6.45) is 2.90. The largest absolute Gasteiger partial charge is 0.503 e. The number of pyridine rings is 1. The Hall–Kier alpha value is -1.55. The second kappa shape index (κ2) is 3.91. The summed E-state index contributed by atoms with van der Waals surface area (Å²) in [5, 5.41) is 18.0. The van der Waals surface area contributed by atoms with Crippen LogP contribution in [0.25, 0.3) is 0 Å². The van der Waals surface area contributed by atoms with Crippen molar-refractivity contribution in [3.63, 3.8) is 0 Å². The summed E-state index contributed by atoms with van der Waals surface area (Å²) in [6.45, 7) is 3.74. The van der Waals surface area contributed by atoms with Crippen molar-refractivity contribution in [2.24, 2.45) is 0 Å². The van der Waals surface area contributed by atoms with Crippen LogP contribution in [0, 0.1) is 0 Å². The molecule has 4 heteroatoms. The van der Waals surface area contributed by atoms with Crippen molar-refractivity contribution in [3.05, 3.63) is 40.8 Å². The Labute approximate surface area is 75.4 Å². The van der Waals surface area contributed by atoms with Crippen molar-refractivity contribution in [3.8, 4) is 5.75 Å². The molecule has 0 spiro atoms. The van der Waals surface area contributed by atoms with Crippen molar-refractivity contribution in [1.29, 1.82) is 0 Å². The van der Waals surface area contributed by atoms with Gasteiger partial charge in [0.25, 0.3) is 0 Å². The number of allylic oxidation sites excluding steroid dienone is 1. The lowest BCUT2D eigenvalue weighted by molar-refractivity contribution is 0.270. The monoisotopic (exact) mass is 181 g/mol. The van der Waals surface area contributed by atoms with E-state index in [-0.39, 0.29) is 12.4 Å². The quantitative estimate of drug-likeness (QED) is 0.656. The van der Waals surface area contributed by atoms with Gasteiger partial charge < -0.3 is 14.8 Å². The lowest BCUT2D eigenvalue weighted by Gasteiger charge is -2.08. The van der Waals surface area contributed by atoms with Crippen LogP contribution >= 0.6 is 0 Å². The Morgan fingerprint density at radius 2 is 2.31 bits per heavy atom. The van der Waals surface area contributed by atoms with Gasteiger partial charge in [-0.25, -0.2) is 0 Å². The minimum Gasteiger partial charge on any atom is -0.503 e. The summed E-state index contributed by atoms with van der Waals surface area (Å²) < 4.78 is 1.56. The number of rotatable bonds is 3. The molecule has 0 fully saturated rings. The smallest absolute Gasteiger partial charge is 0.223 e. The Kier molecular flexibility index (Phi) is 2.87. The van der Waals surface area contributed by atoms with E-state index >= 15 is 0 Å². The topological polar surface area (TPSA) is 62.5 Å². The lowest BCUT2D eigenvalue weighted by atomic mass is 10.3. The highest BCUT2D eigenvalue weighted by Crippen LogP contribution is 2.04. The van der Waals surface area contributed by atoms with Gasteiger partial charge in [0.15, 0.2) is 5.75 Å². The summed E-state index contributed by atoms with van der Waals surface area (Å²) in [6, 6.07) is 1.21. The van der Waals surface area contributed by atoms with Crippen LogP contribution in [0.3, 0.4) is 0 Å². The standard InChI is InChI=1S/C9H11NO3/c1-2-3-10-5-9(13)8(12)4-7(10)6-11/h2,4-5,11,13H,1,3,6H2. The molecule has 1 heterocycles. The zero-order valence-electron chi connectivity index (χ0n) is 7.10. The van der Waals surface area contributed by atoms with Crippen LogP contribution in [-0.2, 0) is 13.2 Å². The Morgan fingerprint density at radius 1 is 1.62 bits per heavy atom. The predicted molar refractivity (Wildman–Crippen MR) is 48.5 cm³/mol. The van der Waals surface area contributed by atoms with Gasteiger partial charge in [-0.15, -0.1) is 6.58 Å². The first-order chi connectivity index (χ1) is 6.19. The lowest BCUT2D eigenvalue weighted by Crippen LogP contribution is -2.11. The van der Waals surface area contributed by atoms with Crippen LogP contribution in [0.15, 0.2) is 29.7 Å². The van der Waals surface area contributed by atoms with E-state index in [9.17, 15) is 4.79 Å². The molecule has 0 aromatic carbocycles. The Morgan fingerprint density at radius 3 is 2.85 bits per heavy atom. The van der Waals surface area contributed by atoms with E-state index in [1.165, 1.54) is 12.3 Å². The molecule has 4 nitrogen and oxygen atoms in total. The molecule has 0 radical (unpaired) electrons. The molecule has 0 aliphatic rings. The van der Waals surface area contributed by atoms with Crippen LogP contribution in [0.5, 0.6) is 5.75 Å². The number of nitrogens with zero attached hydrogens (tertiary/aromatic N) is 1. The van der Waals surface area contributed by atoms with E-state index in [4.69, 9.17) is 10.2 Å². The van der Waals surface area contributed by atoms with Gasteiger partial charge in [-0.05, 0) is 0 Å². The highest BCUT2D eigenvalue weighted by atomic mass is 16.3. The number of aromatic hydroxyl groups is 1. The molecule has 13 heavy (non-hydrogen) atoms. The second-order valence-corrected chi connectivity index (χ2v) is 2.61. The minimum absolute atomic E-state index is 0.233. The molecule has 0 amide bonds. The molecule has 1 rings (SSSR count). The van der Waals surface area contributed by atoms with Crippen molar-refractivity contribution in [2.45, 2.75) is 13.2 Å². The molecule has 0 atom stereocenters. The molecule has 70 valence electrons. The molecule has 0 saturated carbocycles. The fourth-order valence-corrected chi connectivity index (χ4v) is 1.05. The summed E-state index contributed by atoms with van der Waals surface area (Å²) in [4.78, 5) is 11.0. The molecule has 0 aliphatic carbocycles. The van der Waals surface area contributed by atoms with Gasteiger partial charge in [0.1, 0.15) is 0 Å². The first kappa shape index (κ1) is 9.54. The maximum absolute atomic E-state index is 11.0. The number of hydrogen-bond donors (Lipinski definition) is 2. The Bertz CT molecular complexity index is 368. The summed E-state index contributed by atoms with van der Waals surface area (Å²) in [5.74, 6) is -0.320. The van der Waals surface area contributed by atoms with Gasteiger partial charge in [-0.2, -0.15) is 0 Å². The maximum Gasteiger partial charge on any atom is 0.223 e. The number of aliphatic hydroxyl groups excluding tert-OH is 1. The maximum atomic E-state index is 11.0. The molecular weight excluding hydrogens is 170 g/mol.